The fourth-order valence-electron chi connectivity index (χ4n) is 9.00. The number of ether oxygens (including phenoxy) is 12. The molecule has 1 aliphatic carbocycles. The van der Waals surface area contributed by atoms with Crippen LogP contribution in [0, 0.1) is 0 Å². The van der Waals surface area contributed by atoms with E-state index in [1.54, 1.807) is 111 Å². The molecule has 3 rings (SSSR count). The molecule has 478 valence electrons. The molecule has 0 spiro atoms. The summed E-state index contributed by atoms with van der Waals surface area (Å²) in [6.07, 6.45) is -18.3. The molecule has 0 radical (unpaired) electrons. The van der Waals surface area contributed by atoms with Crippen molar-refractivity contribution in [3.8, 4) is 0 Å². The van der Waals surface area contributed by atoms with Gasteiger partial charge >= 0.3 is 48.4 Å². The Bertz CT molecular complexity index is 2340. The summed E-state index contributed by atoms with van der Waals surface area (Å²) in [5.41, 5.74) is 5.69. The minimum absolute atomic E-state index is 0.0612. The summed E-state index contributed by atoms with van der Waals surface area (Å²) >= 11 is 0. The van der Waals surface area contributed by atoms with Gasteiger partial charge in [0.25, 0.3) is 5.91 Å². The number of nitrogens with one attached hydrogen (secondary N) is 6. The summed E-state index contributed by atoms with van der Waals surface area (Å²) in [6.45, 7) is 29.0. The van der Waals surface area contributed by atoms with Crippen molar-refractivity contribution in [3.05, 3.63) is 10.4 Å². The molecule has 84 heavy (non-hydrogen) atoms. The molecule has 1 saturated carbocycles. The molecule has 0 aromatic heterocycles. The standard InChI is InChI=1S/C54H91N9O21/c1-20-34-40(74-28(3)65)36(61-49(72)84-54(17,18)19)41(75-29(4)66)44(77-34)79-38-32(58-42(67)35(73-27(2)64)23-24-56-45(68)80-50(5,6)7)25-33(60-48(71)83-53(14,15)16)39(37(38)62-63-55)78-43-31(59-47(70)82-52(11,12)13)22-21-30(76-43)26-57-46(69)81-51(8,9)10/h30-41,43-44H,20-26H2,1-19H3,(H,56,68)(H,57,69)(H,58,67)(H,59,70)(H,60,71)(H,61,72)/t30?,31?,32-,33+,34?,35+,36+,37?,38+,39?,40+,41?,43-,44-/m1/s1. The molecule has 0 aromatic rings. The number of esters is 3. The van der Waals surface area contributed by atoms with Gasteiger partial charge in [-0.05, 0) is 135 Å². The second kappa shape index (κ2) is 30.5. The summed E-state index contributed by atoms with van der Waals surface area (Å²) in [6, 6.07) is -7.18. The van der Waals surface area contributed by atoms with Gasteiger partial charge in [0.15, 0.2) is 30.9 Å². The molecule has 6 N–H and O–H groups in total. The SMILES string of the molecule is CCC1O[C@H](O[C@@H]2C(N=[N+]=[N-])C(O[C@H]3OC(CNC(=O)OC(C)(C)C)CCC3NC(=O)OC(C)(C)C)[C@@H](NC(=O)OC(C)(C)C)C[C@H]2NC(=O)[C@H](CCNC(=O)OC(C)(C)C)OC(C)=O)C(OC(C)=O)[C@@H](NC(=O)OC(C)(C)C)[C@H]1OC(C)=O. The number of amides is 6. The molecule has 0 aromatic carbocycles. The zero-order chi connectivity index (χ0) is 63.9. The molecule has 6 unspecified atom stereocenters. The predicted molar refractivity (Wildman–Crippen MR) is 295 cm³/mol. The van der Waals surface area contributed by atoms with E-state index in [1.165, 1.54) is 0 Å². The Hall–Kier alpha value is -6.62. The van der Waals surface area contributed by atoms with Gasteiger partial charge in [-0.15, -0.1) is 0 Å². The third kappa shape index (κ3) is 25.7. The van der Waals surface area contributed by atoms with Crippen molar-refractivity contribution in [2.45, 2.75) is 277 Å². The number of carbonyl (C=O) groups excluding carboxylic acids is 9. The number of hydrogen-bond donors (Lipinski definition) is 6. The van der Waals surface area contributed by atoms with Crippen molar-refractivity contribution in [3.63, 3.8) is 0 Å². The second-order valence-corrected chi connectivity index (χ2v) is 25.4. The van der Waals surface area contributed by atoms with Crippen molar-refractivity contribution in [2.75, 3.05) is 13.1 Å². The third-order valence-electron chi connectivity index (χ3n) is 11.8. The highest BCUT2D eigenvalue weighted by Gasteiger charge is 2.56. The largest absolute Gasteiger partial charge is 0.457 e. The second-order valence-electron chi connectivity index (χ2n) is 25.4. The Morgan fingerprint density at radius 2 is 1.00 bits per heavy atom. The van der Waals surface area contributed by atoms with E-state index in [4.69, 9.17) is 56.8 Å². The van der Waals surface area contributed by atoms with Gasteiger partial charge in [-0.1, -0.05) is 12.0 Å². The van der Waals surface area contributed by atoms with Gasteiger partial charge in [-0.2, -0.15) is 0 Å². The van der Waals surface area contributed by atoms with Crippen molar-refractivity contribution < 1.29 is 100.0 Å². The molecule has 6 amide bonds. The number of hydrogen-bond acceptors (Lipinski definition) is 22. The van der Waals surface area contributed by atoms with Crippen molar-refractivity contribution >= 4 is 54.3 Å². The summed E-state index contributed by atoms with van der Waals surface area (Å²) in [5, 5.41) is 20.3. The smallest absolute Gasteiger partial charge is 0.408 e. The number of rotatable bonds is 19. The molecular weight excluding hydrogens is 1110 g/mol. The Morgan fingerprint density at radius 3 is 1.48 bits per heavy atom. The lowest BCUT2D eigenvalue weighted by Crippen LogP contribution is -2.70. The summed E-state index contributed by atoms with van der Waals surface area (Å²) in [7, 11) is 0. The van der Waals surface area contributed by atoms with Crippen LogP contribution in [0.4, 0.5) is 24.0 Å². The lowest BCUT2D eigenvalue weighted by Gasteiger charge is -2.50. The fraction of sp³-hybridized carbons (Fsp3) is 0.833. The van der Waals surface area contributed by atoms with Gasteiger partial charge in [0, 0.05) is 45.2 Å². The average Bonchev–Trinajstić information content (AvgIpc) is 3.39. The van der Waals surface area contributed by atoms with Crippen LogP contribution >= 0.6 is 0 Å². The Morgan fingerprint density at radius 1 is 0.548 bits per heavy atom. The first kappa shape index (κ1) is 71.6. The van der Waals surface area contributed by atoms with Gasteiger partial charge in [0.2, 0.25) is 0 Å². The number of nitrogens with zero attached hydrogens (tertiary/aromatic N) is 3. The molecule has 0 bridgehead atoms. The van der Waals surface area contributed by atoms with Crippen molar-refractivity contribution in [1.82, 2.24) is 31.9 Å². The minimum Gasteiger partial charge on any atom is -0.457 e. The Balaban J connectivity index is 2.39. The number of carbonyl (C=O) groups is 9. The summed E-state index contributed by atoms with van der Waals surface area (Å²) in [5.74, 6) is -3.64. The molecule has 30 nitrogen and oxygen atoms in total. The van der Waals surface area contributed by atoms with Gasteiger partial charge in [-0.25, -0.2) is 24.0 Å². The average molecular weight is 1200 g/mol. The van der Waals surface area contributed by atoms with E-state index < -0.39 is 174 Å². The molecule has 2 aliphatic heterocycles. The van der Waals surface area contributed by atoms with Gasteiger partial charge in [0.1, 0.15) is 34.0 Å². The quantitative estimate of drug-likeness (QED) is 0.0289. The first-order chi connectivity index (χ1) is 38.5. The van der Waals surface area contributed by atoms with Crippen LogP contribution in [0.5, 0.6) is 0 Å². The first-order valence-corrected chi connectivity index (χ1v) is 28.0. The highest BCUT2D eigenvalue weighted by Crippen LogP contribution is 2.37. The van der Waals surface area contributed by atoms with E-state index in [9.17, 15) is 48.7 Å². The van der Waals surface area contributed by atoms with Crippen molar-refractivity contribution in [1.29, 1.82) is 0 Å². The fourth-order valence-corrected chi connectivity index (χ4v) is 9.00. The van der Waals surface area contributed by atoms with E-state index in [2.05, 4.69) is 41.9 Å². The van der Waals surface area contributed by atoms with Crippen LogP contribution in [-0.2, 0) is 76.0 Å². The van der Waals surface area contributed by atoms with Crippen molar-refractivity contribution in [2.24, 2.45) is 5.11 Å². The molecule has 2 heterocycles. The summed E-state index contributed by atoms with van der Waals surface area (Å²) < 4.78 is 71.4. The molecule has 14 atom stereocenters. The molecule has 3 aliphatic rings. The molecule has 2 saturated heterocycles. The molecule has 3 fully saturated rings. The van der Waals surface area contributed by atoms with E-state index in [0.717, 1.165) is 20.8 Å². The highest BCUT2D eigenvalue weighted by molar-refractivity contribution is 5.84. The zero-order valence-corrected chi connectivity index (χ0v) is 51.9. The van der Waals surface area contributed by atoms with Crippen LogP contribution in [-0.4, -0.2) is 181 Å². The van der Waals surface area contributed by atoms with Gasteiger partial charge in [-0.3, -0.25) is 19.2 Å². The topological polar surface area (TPSA) is 385 Å². The number of azide groups is 1. The number of alkyl carbamates (subject to hydrolysis) is 5. The lowest BCUT2D eigenvalue weighted by molar-refractivity contribution is -0.304. The van der Waals surface area contributed by atoms with Gasteiger partial charge < -0.3 is 88.7 Å². The Labute approximate surface area is 490 Å². The minimum atomic E-state index is -1.83. The van der Waals surface area contributed by atoms with Crippen LogP contribution in [0.15, 0.2) is 5.11 Å². The van der Waals surface area contributed by atoms with Crippen LogP contribution < -0.4 is 31.9 Å². The lowest BCUT2D eigenvalue weighted by atomic mass is 9.81. The Kier molecular flexibility index (Phi) is 26.0. The molecule has 30 heteroatoms. The monoisotopic (exact) mass is 1200 g/mol. The zero-order valence-electron chi connectivity index (χ0n) is 51.9. The normalized spacial score (nSPS) is 26.8. The van der Waals surface area contributed by atoms with E-state index in [0.29, 0.717) is 0 Å². The third-order valence-corrected chi connectivity index (χ3v) is 11.8. The maximum Gasteiger partial charge on any atom is 0.408 e. The van der Waals surface area contributed by atoms with Crippen LogP contribution in [0.25, 0.3) is 10.4 Å². The van der Waals surface area contributed by atoms with Crippen LogP contribution in [0.3, 0.4) is 0 Å². The predicted octanol–water partition coefficient (Wildman–Crippen LogP) is 5.88. The van der Waals surface area contributed by atoms with Crippen LogP contribution in [0.2, 0.25) is 0 Å². The maximum absolute atomic E-state index is 14.7. The van der Waals surface area contributed by atoms with E-state index >= 15 is 0 Å². The molecular formula is C54H91N9O21. The van der Waals surface area contributed by atoms with Gasteiger partial charge in [0.05, 0.1) is 48.6 Å². The highest BCUT2D eigenvalue weighted by atomic mass is 16.7. The van der Waals surface area contributed by atoms with Crippen LogP contribution in [0.1, 0.15) is 164 Å². The summed E-state index contributed by atoms with van der Waals surface area (Å²) in [4.78, 5) is 123. The van der Waals surface area contributed by atoms with E-state index in [-0.39, 0.29) is 38.8 Å². The van der Waals surface area contributed by atoms with E-state index in [1.807, 2.05) is 0 Å². The first-order valence-electron chi connectivity index (χ1n) is 28.0. The maximum atomic E-state index is 14.7.